The molecule has 0 radical (unpaired) electrons. The zero-order chi connectivity index (χ0) is 16.9. The van der Waals surface area contributed by atoms with Gasteiger partial charge in [0.15, 0.2) is 0 Å². The molecule has 1 aromatic heterocycles. The SMILES string of the molecule is CCNCCNC(=O)c1ccoc1CN1c2ccccc2CC1C.Cl.Cl. The summed E-state index contributed by atoms with van der Waals surface area (Å²) in [5.74, 6) is 0.649. The van der Waals surface area contributed by atoms with Crippen LogP contribution in [-0.4, -0.2) is 31.6 Å². The molecule has 5 nitrogen and oxygen atoms in total. The standard InChI is InChI=1S/C19H25N3O2.2ClH/c1-3-20-9-10-21-19(23)16-8-11-24-18(16)13-22-14(2)12-15-6-4-5-7-17(15)22;;/h4-8,11,14,20H,3,9-10,12-13H2,1-2H3,(H,21,23);2*1H. The quantitative estimate of drug-likeness (QED) is 0.700. The Balaban J connectivity index is 0.00000169. The van der Waals surface area contributed by atoms with E-state index in [0.717, 1.165) is 25.3 Å². The topological polar surface area (TPSA) is 57.5 Å². The van der Waals surface area contributed by atoms with Crippen molar-refractivity contribution in [1.82, 2.24) is 10.6 Å². The van der Waals surface area contributed by atoms with E-state index in [1.165, 1.54) is 11.3 Å². The van der Waals surface area contributed by atoms with Gasteiger partial charge in [-0.1, -0.05) is 25.1 Å². The molecule has 1 amide bonds. The molecule has 26 heavy (non-hydrogen) atoms. The average molecular weight is 400 g/mol. The number of carbonyl (C=O) groups is 1. The molecule has 1 aromatic carbocycles. The molecule has 1 unspecified atom stereocenters. The van der Waals surface area contributed by atoms with Crippen LogP contribution < -0.4 is 15.5 Å². The van der Waals surface area contributed by atoms with Crippen LogP contribution in [0.3, 0.4) is 0 Å². The van der Waals surface area contributed by atoms with Crippen molar-refractivity contribution >= 4 is 36.4 Å². The molecule has 0 saturated heterocycles. The molecule has 0 aliphatic carbocycles. The van der Waals surface area contributed by atoms with E-state index in [2.05, 4.69) is 46.7 Å². The highest BCUT2D eigenvalue weighted by molar-refractivity contribution is 5.95. The summed E-state index contributed by atoms with van der Waals surface area (Å²) in [5, 5.41) is 6.13. The molecule has 2 N–H and O–H groups in total. The third kappa shape index (κ3) is 4.93. The van der Waals surface area contributed by atoms with Crippen molar-refractivity contribution in [2.24, 2.45) is 0 Å². The van der Waals surface area contributed by atoms with E-state index in [1.807, 2.05) is 6.92 Å². The zero-order valence-corrected chi connectivity index (χ0v) is 16.8. The molecule has 0 bridgehead atoms. The molecule has 1 aliphatic rings. The summed E-state index contributed by atoms with van der Waals surface area (Å²) in [5.41, 5.74) is 3.22. The second kappa shape index (κ2) is 10.5. The second-order valence-electron chi connectivity index (χ2n) is 6.18. The lowest BCUT2D eigenvalue weighted by Gasteiger charge is -2.24. The van der Waals surface area contributed by atoms with Gasteiger partial charge in [-0.3, -0.25) is 4.79 Å². The molecule has 2 heterocycles. The summed E-state index contributed by atoms with van der Waals surface area (Å²) in [7, 11) is 0. The highest BCUT2D eigenvalue weighted by atomic mass is 35.5. The molecule has 0 fully saturated rings. The molecule has 2 aromatic rings. The number of nitrogens with one attached hydrogen (secondary N) is 2. The predicted molar refractivity (Wildman–Crippen MR) is 110 cm³/mol. The van der Waals surface area contributed by atoms with E-state index in [-0.39, 0.29) is 30.7 Å². The van der Waals surface area contributed by atoms with Crippen molar-refractivity contribution in [2.75, 3.05) is 24.5 Å². The highest BCUT2D eigenvalue weighted by Crippen LogP contribution is 2.33. The van der Waals surface area contributed by atoms with Gasteiger partial charge >= 0.3 is 0 Å². The van der Waals surface area contributed by atoms with Crippen LogP contribution in [0.5, 0.6) is 0 Å². The molecule has 0 saturated carbocycles. The van der Waals surface area contributed by atoms with Gasteiger partial charge in [-0.15, -0.1) is 24.8 Å². The van der Waals surface area contributed by atoms with Crippen molar-refractivity contribution in [2.45, 2.75) is 32.9 Å². The fourth-order valence-electron chi connectivity index (χ4n) is 3.23. The summed E-state index contributed by atoms with van der Waals surface area (Å²) in [4.78, 5) is 14.7. The Morgan fingerprint density at radius 2 is 2.00 bits per heavy atom. The lowest BCUT2D eigenvalue weighted by atomic mass is 10.1. The Hall–Kier alpha value is -1.69. The van der Waals surface area contributed by atoms with Crippen LogP contribution in [0, 0.1) is 0 Å². The van der Waals surface area contributed by atoms with Gasteiger partial charge in [0, 0.05) is 24.8 Å². The third-order valence-electron chi connectivity index (χ3n) is 4.49. The van der Waals surface area contributed by atoms with E-state index in [9.17, 15) is 4.79 Å². The predicted octanol–water partition coefficient (Wildman–Crippen LogP) is 3.41. The number of fused-ring (bicyclic) bond motifs is 1. The zero-order valence-electron chi connectivity index (χ0n) is 15.2. The van der Waals surface area contributed by atoms with Crippen LogP contribution >= 0.6 is 24.8 Å². The summed E-state index contributed by atoms with van der Waals surface area (Å²) < 4.78 is 5.62. The number of nitrogens with zero attached hydrogens (tertiary/aromatic N) is 1. The van der Waals surface area contributed by atoms with E-state index in [1.54, 1.807) is 12.3 Å². The summed E-state index contributed by atoms with van der Waals surface area (Å²) in [6.45, 7) is 7.15. The van der Waals surface area contributed by atoms with Crippen LogP contribution in [0.1, 0.15) is 35.5 Å². The van der Waals surface area contributed by atoms with Gasteiger partial charge in [-0.25, -0.2) is 0 Å². The molecule has 1 aliphatic heterocycles. The van der Waals surface area contributed by atoms with Crippen molar-refractivity contribution in [3.05, 3.63) is 53.5 Å². The van der Waals surface area contributed by atoms with Crippen LogP contribution in [0.4, 0.5) is 5.69 Å². The van der Waals surface area contributed by atoms with Crippen LogP contribution in [-0.2, 0) is 13.0 Å². The molecule has 7 heteroatoms. The number of hydrogen-bond donors (Lipinski definition) is 2. The lowest BCUT2D eigenvalue weighted by Crippen LogP contribution is -2.33. The number of benzene rings is 1. The second-order valence-corrected chi connectivity index (χ2v) is 6.18. The normalized spacial score (nSPS) is 15.0. The van der Waals surface area contributed by atoms with Crippen molar-refractivity contribution < 1.29 is 9.21 Å². The van der Waals surface area contributed by atoms with Gasteiger partial charge in [0.2, 0.25) is 0 Å². The lowest BCUT2D eigenvalue weighted by molar-refractivity contribution is 0.0952. The monoisotopic (exact) mass is 399 g/mol. The minimum atomic E-state index is -0.0724. The number of rotatable bonds is 7. The van der Waals surface area contributed by atoms with E-state index in [0.29, 0.717) is 24.7 Å². The number of furan rings is 1. The van der Waals surface area contributed by atoms with Crippen LogP contribution in [0.15, 0.2) is 41.0 Å². The van der Waals surface area contributed by atoms with Crippen molar-refractivity contribution in [3.8, 4) is 0 Å². The maximum absolute atomic E-state index is 12.4. The van der Waals surface area contributed by atoms with Crippen molar-refractivity contribution in [1.29, 1.82) is 0 Å². The number of halogens is 2. The number of hydrogen-bond acceptors (Lipinski definition) is 4. The van der Waals surface area contributed by atoms with Gasteiger partial charge in [0.25, 0.3) is 5.91 Å². The third-order valence-corrected chi connectivity index (χ3v) is 4.49. The first-order chi connectivity index (χ1) is 11.7. The molecule has 1 atom stereocenters. The van der Waals surface area contributed by atoms with E-state index >= 15 is 0 Å². The number of anilines is 1. The molecule has 144 valence electrons. The highest BCUT2D eigenvalue weighted by Gasteiger charge is 2.27. The fourth-order valence-corrected chi connectivity index (χ4v) is 3.23. The molecular weight excluding hydrogens is 373 g/mol. The number of carbonyl (C=O) groups excluding carboxylic acids is 1. The van der Waals surface area contributed by atoms with Gasteiger partial charge in [0.1, 0.15) is 5.76 Å². The minimum absolute atomic E-state index is 0. The van der Waals surface area contributed by atoms with E-state index < -0.39 is 0 Å². The fraction of sp³-hybridized carbons (Fsp3) is 0.421. The van der Waals surface area contributed by atoms with Gasteiger partial charge in [0.05, 0.1) is 18.4 Å². The maximum Gasteiger partial charge on any atom is 0.254 e. The molecule has 3 rings (SSSR count). The number of para-hydroxylation sites is 1. The Labute approximate surface area is 167 Å². The maximum atomic E-state index is 12.4. The Bertz CT molecular complexity index is 706. The Morgan fingerprint density at radius 3 is 2.77 bits per heavy atom. The number of likely N-dealkylation sites (N-methyl/N-ethyl adjacent to an activating group) is 1. The first-order valence-corrected chi connectivity index (χ1v) is 8.60. The summed E-state index contributed by atoms with van der Waals surface area (Å²) in [6.07, 6.45) is 2.63. The van der Waals surface area contributed by atoms with Crippen LogP contribution in [0.2, 0.25) is 0 Å². The van der Waals surface area contributed by atoms with Gasteiger partial charge in [-0.05, 0) is 37.6 Å². The first-order valence-electron chi connectivity index (χ1n) is 8.60. The first kappa shape index (κ1) is 22.4. The van der Waals surface area contributed by atoms with E-state index in [4.69, 9.17) is 4.42 Å². The molecule has 0 spiro atoms. The Morgan fingerprint density at radius 1 is 1.23 bits per heavy atom. The number of amides is 1. The van der Waals surface area contributed by atoms with Gasteiger partial charge < -0.3 is 20.0 Å². The average Bonchev–Trinajstić information content (AvgIpc) is 3.17. The summed E-state index contributed by atoms with van der Waals surface area (Å²) >= 11 is 0. The Kier molecular flexibility index (Phi) is 8.99. The minimum Gasteiger partial charge on any atom is -0.467 e. The smallest absolute Gasteiger partial charge is 0.254 e. The largest absolute Gasteiger partial charge is 0.467 e. The summed E-state index contributed by atoms with van der Waals surface area (Å²) in [6, 6.07) is 10.6. The van der Waals surface area contributed by atoms with Gasteiger partial charge in [-0.2, -0.15) is 0 Å². The molecular formula is C19H27Cl2N3O2. The van der Waals surface area contributed by atoms with Crippen molar-refractivity contribution in [3.63, 3.8) is 0 Å². The van der Waals surface area contributed by atoms with Crippen LogP contribution in [0.25, 0.3) is 0 Å².